The molecule has 2 saturated heterocycles. The Morgan fingerprint density at radius 3 is 1.95 bits per heavy atom. The zero-order valence-electron chi connectivity index (χ0n) is 24.9. The number of nitrogens with one attached hydrogen (secondary N) is 1. The number of morpholine rings is 2. The van der Waals surface area contributed by atoms with Gasteiger partial charge in [-0.15, -0.1) is 0 Å². The maximum absolute atomic E-state index is 5.37. The van der Waals surface area contributed by atoms with Crippen molar-refractivity contribution in [1.82, 2.24) is 15.0 Å². The van der Waals surface area contributed by atoms with Crippen molar-refractivity contribution in [3.63, 3.8) is 0 Å². The van der Waals surface area contributed by atoms with Gasteiger partial charge in [0, 0.05) is 38.6 Å². The topological polar surface area (TPSA) is 88.0 Å². The highest BCUT2D eigenvalue weighted by atomic mass is 16.5. The van der Waals surface area contributed by atoms with Gasteiger partial charge in [-0.2, -0.15) is 15.0 Å². The van der Waals surface area contributed by atoms with E-state index in [1.807, 2.05) is 37.4 Å². The van der Waals surface area contributed by atoms with E-state index in [4.69, 9.17) is 9.47 Å². The molecule has 1 N–H and O–H groups in total. The highest BCUT2D eigenvalue weighted by molar-refractivity contribution is 5.92. The van der Waals surface area contributed by atoms with Gasteiger partial charge in [-0.05, 0) is 43.1 Å². The summed E-state index contributed by atoms with van der Waals surface area (Å²) < 4.78 is 10.7. The molecule has 3 aromatic carbocycles. The van der Waals surface area contributed by atoms with Crippen molar-refractivity contribution in [3.05, 3.63) is 83.9 Å². The second kappa shape index (κ2) is 15.6. The number of nitrogens with zero attached hydrogens (tertiary/aromatic N) is 6. The van der Waals surface area contributed by atoms with Gasteiger partial charge in [-0.3, -0.25) is 4.99 Å². The molecule has 2 fully saturated rings. The van der Waals surface area contributed by atoms with E-state index in [1.54, 1.807) is 0 Å². The molecule has 0 atom stereocenters. The zero-order valence-corrected chi connectivity index (χ0v) is 24.9. The highest BCUT2D eigenvalue weighted by Gasteiger charge is 2.20. The molecule has 220 valence electrons. The lowest BCUT2D eigenvalue weighted by atomic mass is 10.1. The highest BCUT2D eigenvalue weighted by Crippen LogP contribution is 2.24. The van der Waals surface area contributed by atoms with Crippen LogP contribution < -0.4 is 15.1 Å². The Kier molecular flexibility index (Phi) is 11.4. The minimum absolute atomic E-state index is 0.600. The SMILES string of the molecule is C=Cc1cc(C)ccc1C.C=Nc1cccc2ccccc12.CNc1nc(N2CCOCC2)nc(N2CCOCC2)n1. The molecule has 0 unspecified atom stereocenters. The van der Waals surface area contributed by atoms with Crippen LogP contribution in [0.4, 0.5) is 23.5 Å². The number of ether oxygens (including phenoxy) is 2. The van der Waals surface area contributed by atoms with Crippen molar-refractivity contribution in [2.75, 3.05) is 74.8 Å². The molecule has 3 heterocycles. The average molecular weight is 568 g/mol. The molecule has 0 spiro atoms. The number of aryl methyl sites for hydroxylation is 2. The molecular weight excluding hydrogens is 526 g/mol. The smallest absolute Gasteiger partial charge is 0.232 e. The van der Waals surface area contributed by atoms with Crippen LogP contribution in [0.3, 0.4) is 0 Å². The molecule has 2 aliphatic heterocycles. The summed E-state index contributed by atoms with van der Waals surface area (Å²) in [4.78, 5) is 21.7. The third-order valence-corrected chi connectivity index (χ3v) is 7.01. The van der Waals surface area contributed by atoms with Gasteiger partial charge in [-0.25, -0.2) is 0 Å². The Morgan fingerprint density at radius 1 is 0.810 bits per heavy atom. The van der Waals surface area contributed by atoms with Gasteiger partial charge in [0.05, 0.1) is 32.1 Å². The number of aromatic nitrogens is 3. The average Bonchev–Trinajstić information content (AvgIpc) is 3.06. The maximum Gasteiger partial charge on any atom is 0.232 e. The maximum atomic E-state index is 5.37. The Labute approximate surface area is 248 Å². The van der Waals surface area contributed by atoms with Crippen LogP contribution in [0, 0.1) is 13.8 Å². The van der Waals surface area contributed by atoms with E-state index < -0.39 is 0 Å². The van der Waals surface area contributed by atoms with Crippen LogP contribution in [0.25, 0.3) is 16.8 Å². The molecule has 0 amide bonds. The summed E-state index contributed by atoms with van der Waals surface area (Å²) in [5.74, 6) is 2.03. The molecule has 0 bridgehead atoms. The summed E-state index contributed by atoms with van der Waals surface area (Å²) >= 11 is 0. The van der Waals surface area contributed by atoms with Crippen LogP contribution >= 0.6 is 0 Å². The summed E-state index contributed by atoms with van der Waals surface area (Å²) in [7, 11) is 1.82. The molecular formula is C33H41N7O2. The second-order valence-electron chi connectivity index (χ2n) is 9.93. The van der Waals surface area contributed by atoms with Gasteiger partial charge in [-0.1, -0.05) is 72.8 Å². The quantitative estimate of drug-likeness (QED) is 0.307. The Bertz CT molecular complexity index is 1420. The van der Waals surface area contributed by atoms with Gasteiger partial charge < -0.3 is 24.6 Å². The van der Waals surface area contributed by atoms with Gasteiger partial charge >= 0.3 is 0 Å². The first-order valence-electron chi connectivity index (χ1n) is 14.3. The van der Waals surface area contributed by atoms with Crippen LogP contribution in [0.2, 0.25) is 0 Å². The number of anilines is 3. The monoisotopic (exact) mass is 567 g/mol. The number of hydrogen-bond donors (Lipinski definition) is 1. The third kappa shape index (κ3) is 8.34. The lowest BCUT2D eigenvalue weighted by Gasteiger charge is -2.30. The number of benzene rings is 3. The van der Waals surface area contributed by atoms with Crippen LogP contribution in [0.1, 0.15) is 16.7 Å². The zero-order chi connectivity index (χ0) is 29.7. The predicted molar refractivity (Wildman–Crippen MR) is 175 cm³/mol. The molecule has 0 radical (unpaired) electrons. The van der Waals surface area contributed by atoms with E-state index in [0.29, 0.717) is 44.3 Å². The van der Waals surface area contributed by atoms with Gasteiger partial charge in [0.25, 0.3) is 0 Å². The van der Waals surface area contributed by atoms with Crippen LogP contribution in [0.15, 0.2) is 72.2 Å². The van der Waals surface area contributed by atoms with Gasteiger partial charge in [0.15, 0.2) is 0 Å². The fourth-order valence-electron chi connectivity index (χ4n) is 4.60. The molecule has 0 aliphatic carbocycles. The summed E-state index contributed by atoms with van der Waals surface area (Å²) in [6.07, 6.45) is 1.89. The van der Waals surface area contributed by atoms with Crippen molar-refractivity contribution in [2.24, 2.45) is 4.99 Å². The van der Waals surface area contributed by atoms with E-state index in [9.17, 15) is 0 Å². The molecule has 42 heavy (non-hydrogen) atoms. The standard InChI is InChI=1S/C12H20N6O2.C11H9N.C10H12/c1-13-10-14-11(17-2-6-19-7-3-17)16-12(15-10)18-4-8-20-9-5-18;1-12-11-8-4-6-9-5-2-3-7-10(9)11;1-4-10-7-8(2)5-6-9(10)3/h2-9H2,1H3,(H,13,14,15,16);2-8H,1H2;4-7H,1H2,2-3H3. The Hall–Kier alpha value is -4.34. The van der Waals surface area contributed by atoms with Gasteiger partial charge in [0.1, 0.15) is 0 Å². The first-order chi connectivity index (χ1) is 20.5. The van der Waals surface area contributed by atoms with E-state index in [0.717, 1.165) is 37.3 Å². The number of rotatable bonds is 5. The summed E-state index contributed by atoms with van der Waals surface area (Å²) in [6, 6.07) is 20.6. The summed E-state index contributed by atoms with van der Waals surface area (Å²) in [5.41, 5.74) is 4.77. The minimum atomic E-state index is 0.600. The largest absolute Gasteiger partial charge is 0.378 e. The Morgan fingerprint density at radius 2 is 1.40 bits per heavy atom. The normalized spacial score (nSPS) is 14.6. The third-order valence-electron chi connectivity index (χ3n) is 7.01. The van der Waals surface area contributed by atoms with Crippen molar-refractivity contribution in [1.29, 1.82) is 0 Å². The summed E-state index contributed by atoms with van der Waals surface area (Å²) in [6.45, 7) is 17.6. The molecule has 2 aliphatic rings. The molecule has 4 aromatic rings. The number of hydrogen-bond acceptors (Lipinski definition) is 9. The fraction of sp³-hybridized carbons (Fsp3) is 0.333. The van der Waals surface area contributed by atoms with E-state index in [2.05, 4.69) is 98.6 Å². The number of fused-ring (bicyclic) bond motifs is 1. The van der Waals surface area contributed by atoms with Crippen LogP contribution in [-0.4, -0.2) is 81.3 Å². The second-order valence-corrected chi connectivity index (χ2v) is 9.93. The predicted octanol–water partition coefficient (Wildman–Crippen LogP) is 5.70. The molecule has 1 aromatic heterocycles. The molecule has 0 saturated carbocycles. The first-order valence-corrected chi connectivity index (χ1v) is 14.3. The van der Waals surface area contributed by atoms with Gasteiger partial charge in [0.2, 0.25) is 17.8 Å². The van der Waals surface area contributed by atoms with E-state index >= 15 is 0 Å². The van der Waals surface area contributed by atoms with Crippen molar-refractivity contribution in [3.8, 4) is 0 Å². The van der Waals surface area contributed by atoms with Crippen molar-refractivity contribution in [2.45, 2.75) is 13.8 Å². The number of aliphatic imine (C=N–C) groups is 1. The Balaban J connectivity index is 0.000000157. The molecule has 6 rings (SSSR count). The summed E-state index contributed by atoms with van der Waals surface area (Å²) in [5, 5.41) is 5.38. The molecule has 9 heteroatoms. The van der Waals surface area contributed by atoms with Crippen LogP contribution in [-0.2, 0) is 9.47 Å². The lowest BCUT2D eigenvalue weighted by Crippen LogP contribution is -2.40. The molecule has 9 nitrogen and oxygen atoms in total. The minimum Gasteiger partial charge on any atom is -0.378 e. The van der Waals surface area contributed by atoms with E-state index in [1.165, 1.54) is 22.1 Å². The van der Waals surface area contributed by atoms with Crippen LogP contribution in [0.5, 0.6) is 0 Å². The van der Waals surface area contributed by atoms with Crippen molar-refractivity contribution >= 4 is 47.1 Å². The first kappa shape index (κ1) is 30.6. The van der Waals surface area contributed by atoms with Crippen molar-refractivity contribution < 1.29 is 9.47 Å². The lowest BCUT2D eigenvalue weighted by molar-refractivity contribution is 0.121. The fourth-order valence-corrected chi connectivity index (χ4v) is 4.60. The van der Waals surface area contributed by atoms with E-state index in [-0.39, 0.29) is 0 Å².